The van der Waals surface area contributed by atoms with Crippen molar-refractivity contribution in [1.29, 1.82) is 0 Å². The monoisotopic (exact) mass is 661 g/mol. The number of benzene rings is 2. The first-order chi connectivity index (χ1) is 22.5. The molecule has 3 aliphatic rings. The molecule has 0 amide bonds. The van der Waals surface area contributed by atoms with E-state index in [-0.39, 0.29) is 12.1 Å². The molecule has 1 aliphatic heterocycles. The molecule has 244 valence electrons. The molecule has 0 spiro atoms. The van der Waals surface area contributed by atoms with Crippen LogP contribution >= 0.6 is 23.4 Å². The van der Waals surface area contributed by atoms with Gasteiger partial charge in [0.1, 0.15) is 12.4 Å². The summed E-state index contributed by atoms with van der Waals surface area (Å²) in [6, 6.07) is 13.6. The first-order valence-corrected chi connectivity index (χ1v) is 17.9. The molecule has 2 heterocycles. The van der Waals surface area contributed by atoms with E-state index in [4.69, 9.17) is 25.8 Å². The highest BCUT2D eigenvalue weighted by atomic mass is 35.5. The van der Waals surface area contributed by atoms with Crippen molar-refractivity contribution in [3.05, 3.63) is 88.2 Å². The molecule has 1 fully saturated rings. The summed E-state index contributed by atoms with van der Waals surface area (Å²) in [6.45, 7) is 2.23. The van der Waals surface area contributed by atoms with E-state index < -0.39 is 0 Å². The summed E-state index contributed by atoms with van der Waals surface area (Å²) in [5, 5.41) is 1.61. The van der Waals surface area contributed by atoms with Crippen LogP contribution in [-0.4, -0.2) is 55.1 Å². The Morgan fingerprint density at radius 1 is 1.07 bits per heavy atom. The van der Waals surface area contributed by atoms with Gasteiger partial charge in [0.05, 0.1) is 24.5 Å². The second-order valence-electron chi connectivity index (χ2n) is 12.7. The molecular weight excluding hydrogens is 618 g/mol. The van der Waals surface area contributed by atoms with Crippen LogP contribution < -0.4 is 9.64 Å². The summed E-state index contributed by atoms with van der Waals surface area (Å²) >= 11 is 8.11. The zero-order valence-electron chi connectivity index (χ0n) is 26.8. The minimum atomic E-state index is -0.338. The number of aryl methyl sites for hydroxylation is 1. The van der Waals surface area contributed by atoms with Gasteiger partial charge >= 0.3 is 5.97 Å². The lowest BCUT2D eigenvalue weighted by Gasteiger charge is -2.45. The van der Waals surface area contributed by atoms with Crippen molar-refractivity contribution in [1.82, 2.24) is 9.97 Å². The molecule has 7 nitrogen and oxygen atoms in total. The maximum atomic E-state index is 12.6. The number of methoxy groups -OCH3 is 2. The van der Waals surface area contributed by atoms with Crippen molar-refractivity contribution >= 4 is 35.0 Å². The minimum Gasteiger partial charge on any atom is -0.487 e. The van der Waals surface area contributed by atoms with Gasteiger partial charge in [0.25, 0.3) is 0 Å². The van der Waals surface area contributed by atoms with Crippen molar-refractivity contribution in [2.24, 2.45) is 17.8 Å². The fourth-order valence-electron chi connectivity index (χ4n) is 7.16. The third-order valence-electron chi connectivity index (χ3n) is 9.88. The fraction of sp³-hybridized carbons (Fsp3) is 0.486. The van der Waals surface area contributed by atoms with Gasteiger partial charge in [-0.3, -0.25) is 0 Å². The van der Waals surface area contributed by atoms with Crippen molar-refractivity contribution in [2.45, 2.75) is 69.2 Å². The first-order valence-electron chi connectivity index (χ1n) is 16.5. The molecule has 9 heteroatoms. The van der Waals surface area contributed by atoms with E-state index in [9.17, 15) is 4.79 Å². The zero-order valence-corrected chi connectivity index (χ0v) is 28.4. The Hall–Kier alpha value is -3.07. The van der Waals surface area contributed by atoms with Crippen LogP contribution in [0.3, 0.4) is 0 Å². The number of fused-ring (bicyclic) bond motifs is 2. The summed E-state index contributed by atoms with van der Waals surface area (Å²) in [4.78, 5) is 23.8. The van der Waals surface area contributed by atoms with Crippen LogP contribution in [0.5, 0.6) is 5.75 Å². The highest BCUT2D eigenvalue weighted by Gasteiger charge is 2.40. The van der Waals surface area contributed by atoms with Gasteiger partial charge in [-0.05, 0) is 122 Å². The van der Waals surface area contributed by atoms with Crippen molar-refractivity contribution in [3.8, 4) is 5.75 Å². The van der Waals surface area contributed by atoms with Crippen LogP contribution in [0.15, 0.2) is 71.7 Å². The van der Waals surface area contributed by atoms with Crippen LogP contribution in [0, 0.1) is 17.8 Å². The molecule has 0 bridgehead atoms. The third kappa shape index (κ3) is 7.89. The van der Waals surface area contributed by atoms with E-state index in [2.05, 4.69) is 33.1 Å². The Kier molecular flexibility index (Phi) is 11.2. The van der Waals surface area contributed by atoms with Crippen LogP contribution in [0.2, 0.25) is 5.02 Å². The summed E-state index contributed by atoms with van der Waals surface area (Å²) < 4.78 is 17.8. The van der Waals surface area contributed by atoms with Crippen LogP contribution in [-0.2, 0) is 22.5 Å². The number of allylic oxidation sites excluding steroid dienone is 1. The summed E-state index contributed by atoms with van der Waals surface area (Å²) in [6.07, 6.45) is 14.9. The van der Waals surface area contributed by atoms with Gasteiger partial charge in [-0.15, -0.1) is 0 Å². The average Bonchev–Trinajstić information content (AvgIpc) is 3.11. The number of esters is 1. The van der Waals surface area contributed by atoms with E-state index in [1.165, 1.54) is 37.5 Å². The van der Waals surface area contributed by atoms with E-state index in [1.807, 2.05) is 43.8 Å². The number of carbonyl (C=O) groups excluding carboxylic acids is 1. The van der Waals surface area contributed by atoms with E-state index in [0.717, 1.165) is 78.1 Å². The van der Waals surface area contributed by atoms with Crippen LogP contribution in [0.25, 0.3) is 0 Å². The van der Waals surface area contributed by atoms with Gasteiger partial charge < -0.3 is 19.1 Å². The Bertz CT molecular complexity index is 1520. The molecule has 1 saturated carbocycles. The summed E-state index contributed by atoms with van der Waals surface area (Å²) in [5.41, 5.74) is 5.35. The van der Waals surface area contributed by atoms with Crippen molar-refractivity contribution in [3.63, 3.8) is 0 Å². The smallest absolute Gasteiger partial charge is 0.337 e. The molecule has 0 radical (unpaired) electrons. The average molecular weight is 662 g/mol. The number of ether oxygens (including phenoxy) is 3. The Labute approximate surface area is 282 Å². The molecule has 1 aromatic heterocycles. The normalized spacial score (nSPS) is 22.2. The molecule has 1 unspecified atom stereocenters. The van der Waals surface area contributed by atoms with E-state index in [0.29, 0.717) is 29.9 Å². The predicted molar refractivity (Wildman–Crippen MR) is 184 cm³/mol. The minimum absolute atomic E-state index is 0.144. The van der Waals surface area contributed by atoms with Gasteiger partial charge in [-0.2, -0.15) is 0 Å². The van der Waals surface area contributed by atoms with Crippen molar-refractivity contribution < 1.29 is 19.0 Å². The van der Waals surface area contributed by atoms with Gasteiger partial charge in [0.15, 0.2) is 5.16 Å². The number of hydrogen-bond acceptors (Lipinski definition) is 8. The van der Waals surface area contributed by atoms with Gasteiger partial charge in [-0.1, -0.05) is 35.5 Å². The molecule has 0 saturated heterocycles. The number of rotatable bonds is 9. The molecule has 4 atom stereocenters. The maximum Gasteiger partial charge on any atom is 0.337 e. The standard InChI is InChI=1S/C37H44ClN3O4S/c1-43-35(26-9-7-25(8-10-26)24-46-37-39-17-5-18-40-37)32-15-12-29(32)22-41-19-4-3-6-27-20-31(38)14-11-30(27)23-45-34-16-13-28(21-33(34)41)36(42)44-2/h5,9,11,13-14,16-18,20-21,25,29,32,35H,3-4,6-8,10,12,15,19,22-24H2,1-2H3/t25?,29-,32+,35+/m0/s1. The lowest BCUT2D eigenvalue weighted by Crippen LogP contribution is -2.45. The Balaban J connectivity index is 1.17. The number of aromatic nitrogens is 2. The summed E-state index contributed by atoms with van der Waals surface area (Å²) in [5.74, 6) is 3.08. The van der Waals surface area contributed by atoms with Gasteiger partial charge in [0.2, 0.25) is 0 Å². The number of carbonyl (C=O) groups is 1. The molecular formula is C37H44ClN3O4S. The number of anilines is 1. The van der Waals surface area contributed by atoms with Crippen LogP contribution in [0.4, 0.5) is 5.69 Å². The molecule has 3 aromatic rings. The highest BCUT2D eigenvalue weighted by Crippen LogP contribution is 2.44. The Morgan fingerprint density at radius 2 is 1.93 bits per heavy atom. The second kappa shape index (κ2) is 15.7. The molecule has 0 N–H and O–H groups in total. The first kappa shape index (κ1) is 32.9. The lowest BCUT2D eigenvalue weighted by atomic mass is 9.67. The quantitative estimate of drug-likeness (QED) is 0.0984. The second-order valence-corrected chi connectivity index (χ2v) is 14.1. The summed E-state index contributed by atoms with van der Waals surface area (Å²) in [7, 11) is 3.30. The van der Waals surface area contributed by atoms with E-state index >= 15 is 0 Å². The van der Waals surface area contributed by atoms with Crippen molar-refractivity contribution in [2.75, 3.05) is 38.0 Å². The lowest BCUT2D eigenvalue weighted by molar-refractivity contribution is 0.00349. The van der Waals surface area contributed by atoms with Gasteiger partial charge in [0, 0.05) is 43.4 Å². The molecule has 46 heavy (non-hydrogen) atoms. The number of thioether (sulfide) groups is 1. The molecule has 2 aromatic carbocycles. The SMILES string of the molecule is COC(=O)c1ccc2c(c1)N(C[C@@H]1CC[C@H]1[C@H](OC)C1=CCC(CSc3ncccn3)CC1)CCCCc1cc(Cl)ccc1CO2. The fourth-order valence-corrected chi connectivity index (χ4v) is 8.31. The third-order valence-corrected chi connectivity index (χ3v) is 11.2. The zero-order chi connectivity index (χ0) is 31.9. The number of halogens is 1. The maximum absolute atomic E-state index is 12.6. The predicted octanol–water partition coefficient (Wildman–Crippen LogP) is 8.20. The highest BCUT2D eigenvalue weighted by molar-refractivity contribution is 7.99. The topological polar surface area (TPSA) is 73.8 Å². The molecule has 2 aliphatic carbocycles. The number of hydrogen-bond donors (Lipinski definition) is 0. The Morgan fingerprint density at radius 3 is 2.67 bits per heavy atom. The largest absolute Gasteiger partial charge is 0.487 e. The van der Waals surface area contributed by atoms with Crippen LogP contribution in [0.1, 0.15) is 66.4 Å². The number of nitrogens with zero attached hydrogens (tertiary/aromatic N) is 3. The van der Waals surface area contributed by atoms with Gasteiger partial charge in [-0.25, -0.2) is 14.8 Å². The molecule has 6 rings (SSSR count). The van der Waals surface area contributed by atoms with E-state index in [1.54, 1.807) is 17.8 Å².